The summed E-state index contributed by atoms with van der Waals surface area (Å²) < 4.78 is 27.0. The monoisotopic (exact) mass is 419 g/mol. The molecule has 2 rings (SSSR count). The fourth-order valence-electron chi connectivity index (χ4n) is 2.79. The molecular weight excluding hydrogens is 394 g/mol. The van der Waals surface area contributed by atoms with Crippen LogP contribution in [0.1, 0.15) is 18.4 Å². The number of benzene rings is 1. The minimum Gasteiger partial charge on any atom is -0.355 e. The number of carbonyl (C=O) groups is 1. The number of thioether (sulfide) groups is 1. The molecule has 0 saturated carbocycles. The summed E-state index contributed by atoms with van der Waals surface area (Å²) in [6.07, 6.45) is 1.42. The van der Waals surface area contributed by atoms with Crippen LogP contribution in [0.4, 0.5) is 0 Å². The number of piperidine rings is 1. The third kappa shape index (κ3) is 5.85. The number of hydrogen-bond acceptors (Lipinski definition) is 4. The lowest BCUT2D eigenvalue weighted by Crippen LogP contribution is -2.49. The highest BCUT2D eigenvalue weighted by Crippen LogP contribution is 2.21. The van der Waals surface area contributed by atoms with Gasteiger partial charge in [0.1, 0.15) is 0 Å². The van der Waals surface area contributed by atoms with E-state index in [0.29, 0.717) is 19.5 Å². The van der Waals surface area contributed by atoms with Crippen LogP contribution in [-0.4, -0.2) is 62.4 Å². The maximum absolute atomic E-state index is 12.4. The molecule has 1 saturated heterocycles. The molecule has 0 unspecified atom stereocenters. The van der Waals surface area contributed by atoms with Crippen molar-refractivity contribution in [3.8, 4) is 0 Å². The first-order valence-corrected chi connectivity index (χ1v) is 11.5. The molecule has 0 spiro atoms. The van der Waals surface area contributed by atoms with Gasteiger partial charge in [-0.1, -0.05) is 29.8 Å². The molecule has 0 aliphatic carbocycles. The summed E-state index contributed by atoms with van der Waals surface area (Å²) in [5.41, 5.74) is 1.09. The Kier molecular flexibility index (Phi) is 8.22. The maximum Gasteiger partial charge on any atom is 0.281 e. The van der Waals surface area contributed by atoms with E-state index >= 15 is 0 Å². The molecule has 1 aliphatic heterocycles. The highest BCUT2D eigenvalue weighted by molar-refractivity contribution is 7.98. The van der Waals surface area contributed by atoms with Gasteiger partial charge in [-0.3, -0.25) is 4.79 Å². The van der Waals surface area contributed by atoms with E-state index < -0.39 is 10.2 Å². The highest BCUT2D eigenvalue weighted by atomic mass is 35.5. The zero-order chi connectivity index (χ0) is 19.2. The molecule has 1 aromatic rings. The van der Waals surface area contributed by atoms with Crippen molar-refractivity contribution in [3.05, 3.63) is 34.9 Å². The Morgan fingerprint density at radius 1 is 1.38 bits per heavy atom. The Hall–Kier alpha value is -0.800. The standard InChI is InChI=1S/C17H26ClN3O3S2/c1-20(2)26(23,24)21-10-5-7-14(12-21)17(22)19-9-11-25-13-15-6-3-4-8-16(15)18/h3-4,6,8,14H,5,7,9-13H2,1-2H3,(H,19,22)/t14-/m1/s1. The van der Waals surface area contributed by atoms with Gasteiger partial charge < -0.3 is 5.32 Å². The van der Waals surface area contributed by atoms with Crippen molar-refractivity contribution in [2.45, 2.75) is 18.6 Å². The van der Waals surface area contributed by atoms with Crippen molar-refractivity contribution < 1.29 is 13.2 Å². The number of halogens is 1. The summed E-state index contributed by atoms with van der Waals surface area (Å²) in [6.45, 7) is 1.28. The molecule has 1 fully saturated rings. The lowest BCUT2D eigenvalue weighted by atomic mass is 9.99. The van der Waals surface area contributed by atoms with Crippen LogP contribution in [0.2, 0.25) is 5.02 Å². The van der Waals surface area contributed by atoms with Gasteiger partial charge in [-0.15, -0.1) is 0 Å². The van der Waals surface area contributed by atoms with Crippen LogP contribution in [-0.2, 0) is 20.8 Å². The van der Waals surface area contributed by atoms with Gasteiger partial charge in [-0.2, -0.15) is 28.8 Å². The molecule has 0 aromatic heterocycles. The first-order valence-electron chi connectivity index (χ1n) is 8.59. The minimum absolute atomic E-state index is 0.0676. The number of amides is 1. The van der Waals surface area contributed by atoms with Crippen LogP contribution < -0.4 is 5.32 Å². The van der Waals surface area contributed by atoms with Crippen molar-refractivity contribution in [1.82, 2.24) is 13.9 Å². The molecule has 0 radical (unpaired) electrons. The van der Waals surface area contributed by atoms with Crippen LogP contribution in [0, 0.1) is 5.92 Å². The second kappa shape index (κ2) is 9.94. The van der Waals surface area contributed by atoms with E-state index in [1.54, 1.807) is 11.8 Å². The number of nitrogens with one attached hydrogen (secondary N) is 1. The molecule has 1 aliphatic rings. The normalized spacial score (nSPS) is 18.8. The van der Waals surface area contributed by atoms with Crippen LogP contribution in [0.15, 0.2) is 24.3 Å². The molecule has 1 atom stereocenters. The summed E-state index contributed by atoms with van der Waals surface area (Å²) >= 11 is 7.83. The summed E-state index contributed by atoms with van der Waals surface area (Å²) in [7, 11) is -0.442. The molecule has 6 nitrogen and oxygen atoms in total. The molecule has 1 N–H and O–H groups in total. The van der Waals surface area contributed by atoms with Crippen molar-refractivity contribution in [2.75, 3.05) is 39.5 Å². The summed E-state index contributed by atoms with van der Waals surface area (Å²) in [4.78, 5) is 12.4. The number of nitrogens with zero attached hydrogens (tertiary/aromatic N) is 2. The molecule has 1 heterocycles. The average molecular weight is 420 g/mol. The number of carbonyl (C=O) groups excluding carboxylic acids is 1. The van der Waals surface area contributed by atoms with Gasteiger partial charge in [0.05, 0.1) is 5.92 Å². The van der Waals surface area contributed by atoms with E-state index in [1.807, 2.05) is 24.3 Å². The Bertz CT molecular complexity index is 713. The van der Waals surface area contributed by atoms with Gasteiger partial charge >= 0.3 is 0 Å². The van der Waals surface area contributed by atoms with E-state index in [0.717, 1.165) is 28.5 Å². The largest absolute Gasteiger partial charge is 0.355 e. The number of hydrogen-bond donors (Lipinski definition) is 1. The van der Waals surface area contributed by atoms with Crippen molar-refractivity contribution in [1.29, 1.82) is 0 Å². The van der Waals surface area contributed by atoms with Gasteiger partial charge in [0.15, 0.2) is 0 Å². The van der Waals surface area contributed by atoms with Gasteiger partial charge in [0.2, 0.25) is 5.91 Å². The Balaban J connectivity index is 1.73. The topological polar surface area (TPSA) is 69.7 Å². The Morgan fingerprint density at radius 3 is 2.81 bits per heavy atom. The van der Waals surface area contributed by atoms with Crippen LogP contribution in [0.5, 0.6) is 0 Å². The minimum atomic E-state index is -3.46. The van der Waals surface area contributed by atoms with Gasteiger partial charge in [-0.05, 0) is 24.5 Å². The average Bonchev–Trinajstić information content (AvgIpc) is 2.62. The molecular formula is C17H26ClN3O3S2. The number of rotatable bonds is 8. The predicted octanol–water partition coefficient (Wildman–Crippen LogP) is 2.21. The molecule has 1 amide bonds. The van der Waals surface area contributed by atoms with E-state index in [2.05, 4.69) is 5.32 Å². The van der Waals surface area contributed by atoms with E-state index in [1.165, 1.54) is 22.7 Å². The zero-order valence-electron chi connectivity index (χ0n) is 15.2. The quantitative estimate of drug-likeness (QED) is 0.656. The highest BCUT2D eigenvalue weighted by Gasteiger charge is 2.33. The Labute approximate surface area is 165 Å². The Morgan fingerprint density at radius 2 is 2.12 bits per heavy atom. The summed E-state index contributed by atoms with van der Waals surface area (Å²) in [6, 6.07) is 7.73. The van der Waals surface area contributed by atoms with Crippen molar-refractivity contribution in [2.24, 2.45) is 5.92 Å². The van der Waals surface area contributed by atoms with Crippen molar-refractivity contribution in [3.63, 3.8) is 0 Å². The van der Waals surface area contributed by atoms with E-state index in [9.17, 15) is 13.2 Å². The van der Waals surface area contributed by atoms with E-state index in [4.69, 9.17) is 11.6 Å². The maximum atomic E-state index is 12.4. The van der Waals surface area contributed by atoms with E-state index in [-0.39, 0.29) is 18.4 Å². The lowest BCUT2D eigenvalue weighted by molar-refractivity contribution is -0.125. The molecule has 9 heteroatoms. The second-order valence-electron chi connectivity index (χ2n) is 6.42. The third-order valence-corrected chi connectivity index (χ3v) is 7.59. The van der Waals surface area contributed by atoms with Crippen LogP contribution >= 0.6 is 23.4 Å². The third-order valence-electron chi connectivity index (χ3n) is 4.30. The second-order valence-corrected chi connectivity index (χ2v) is 10.1. The SMILES string of the molecule is CN(C)S(=O)(=O)N1CCC[C@@H](C(=O)NCCSCc2ccccc2Cl)C1. The summed E-state index contributed by atoms with van der Waals surface area (Å²) in [5.74, 6) is 1.23. The van der Waals surface area contributed by atoms with Gasteiger partial charge in [-0.25, -0.2) is 0 Å². The predicted molar refractivity (Wildman–Crippen MR) is 108 cm³/mol. The zero-order valence-corrected chi connectivity index (χ0v) is 17.5. The fourth-order valence-corrected chi connectivity index (χ4v) is 5.12. The molecule has 26 heavy (non-hydrogen) atoms. The fraction of sp³-hybridized carbons (Fsp3) is 0.588. The van der Waals surface area contributed by atoms with Crippen molar-refractivity contribution >= 4 is 39.5 Å². The molecule has 0 bridgehead atoms. The molecule has 146 valence electrons. The van der Waals surface area contributed by atoms with Gasteiger partial charge in [0.25, 0.3) is 10.2 Å². The lowest BCUT2D eigenvalue weighted by Gasteiger charge is -2.32. The van der Waals surface area contributed by atoms with Crippen LogP contribution in [0.3, 0.4) is 0 Å². The van der Waals surface area contributed by atoms with Crippen LogP contribution in [0.25, 0.3) is 0 Å². The smallest absolute Gasteiger partial charge is 0.281 e. The first-order chi connectivity index (χ1) is 12.3. The first kappa shape index (κ1) is 21.5. The summed E-state index contributed by atoms with van der Waals surface area (Å²) in [5, 5.41) is 3.68. The van der Waals surface area contributed by atoms with Gasteiger partial charge in [0, 0.05) is 50.3 Å². The molecule has 1 aromatic carbocycles.